The molecule has 0 aromatic heterocycles. The van der Waals surface area contributed by atoms with E-state index < -0.39 is 10.0 Å². The van der Waals surface area contributed by atoms with Gasteiger partial charge in [0, 0.05) is 16.6 Å². The first kappa shape index (κ1) is 21.1. The predicted molar refractivity (Wildman–Crippen MR) is 131 cm³/mol. The Morgan fingerprint density at radius 3 is 2.69 bits per heavy atom. The predicted octanol–water partition coefficient (Wildman–Crippen LogP) is 6.58. The highest BCUT2D eigenvalue weighted by atomic mass is 35.5. The third-order valence-corrected chi connectivity index (χ3v) is 8.09. The molecule has 2 aliphatic rings. The third-order valence-electron chi connectivity index (χ3n) is 6.49. The molecular weight excluding hydrogens is 440 g/mol. The van der Waals surface area contributed by atoms with E-state index in [0.29, 0.717) is 11.6 Å². The van der Waals surface area contributed by atoms with Crippen molar-refractivity contribution in [3.63, 3.8) is 0 Å². The maximum Gasteiger partial charge on any atom is 0.261 e. The van der Waals surface area contributed by atoms with E-state index in [4.69, 9.17) is 11.6 Å². The highest BCUT2D eigenvalue weighted by molar-refractivity contribution is 7.92. The Balaban J connectivity index is 1.50. The number of anilines is 2. The number of rotatable bonds is 4. The highest BCUT2D eigenvalue weighted by Gasteiger charge is 2.38. The summed E-state index contributed by atoms with van der Waals surface area (Å²) in [7, 11) is -3.71. The van der Waals surface area contributed by atoms with E-state index in [9.17, 15) is 8.42 Å². The van der Waals surface area contributed by atoms with Crippen molar-refractivity contribution in [3.8, 4) is 0 Å². The minimum atomic E-state index is -3.71. The largest absolute Gasteiger partial charge is 0.378 e. The number of nitrogens with one attached hydrogen (secondary N) is 2. The van der Waals surface area contributed by atoms with Crippen LogP contribution in [0.3, 0.4) is 0 Å². The quantitative estimate of drug-likeness (QED) is 0.428. The normalized spacial score (nSPS) is 21.5. The van der Waals surface area contributed by atoms with Gasteiger partial charge in [-0.25, -0.2) is 8.42 Å². The maximum absolute atomic E-state index is 13.2. The molecule has 2 N–H and O–H groups in total. The first-order chi connectivity index (χ1) is 15.3. The monoisotopic (exact) mass is 464 g/mol. The molecule has 0 radical (unpaired) electrons. The van der Waals surface area contributed by atoms with Crippen LogP contribution in [0.2, 0.25) is 5.02 Å². The molecule has 0 fully saturated rings. The van der Waals surface area contributed by atoms with Crippen LogP contribution in [0.25, 0.3) is 0 Å². The van der Waals surface area contributed by atoms with Gasteiger partial charge in [0.05, 0.1) is 16.6 Å². The van der Waals surface area contributed by atoms with Gasteiger partial charge >= 0.3 is 0 Å². The van der Waals surface area contributed by atoms with Gasteiger partial charge in [-0.1, -0.05) is 48.0 Å². The van der Waals surface area contributed by atoms with Gasteiger partial charge in [-0.05, 0) is 84.8 Å². The highest BCUT2D eigenvalue weighted by Crippen LogP contribution is 2.50. The summed E-state index contributed by atoms with van der Waals surface area (Å²) in [6.45, 7) is 3.85. The lowest BCUT2D eigenvalue weighted by Gasteiger charge is -2.37. The second-order valence-electron chi connectivity index (χ2n) is 8.70. The summed E-state index contributed by atoms with van der Waals surface area (Å²) >= 11 is 6.25. The molecule has 164 valence electrons. The molecule has 5 rings (SSSR count). The standard InChI is InChI=1S/C26H25ClN2O2S/c1-16-9-10-17(2)25(13-16)29-32(30,31)20-11-12-24-23(15-20)21-7-4-8-22(21)26(28-24)18-5-3-6-19(27)14-18/h3-7,9-15,21-22,26,28-29H,8H2,1-2H3/t21?,22?,26-/m1/s1. The van der Waals surface area contributed by atoms with Gasteiger partial charge in [0.15, 0.2) is 0 Å². The molecular formula is C26H25ClN2O2S. The Bertz CT molecular complexity index is 1330. The van der Waals surface area contributed by atoms with Crippen LogP contribution in [0.15, 0.2) is 77.7 Å². The summed E-state index contributed by atoms with van der Waals surface area (Å²) in [5.74, 6) is 0.469. The van der Waals surface area contributed by atoms with Crippen LogP contribution in [0, 0.1) is 19.8 Å². The lowest BCUT2D eigenvalue weighted by atomic mass is 9.77. The van der Waals surface area contributed by atoms with Crippen molar-refractivity contribution in [3.05, 3.63) is 100 Å². The van der Waals surface area contributed by atoms with Gasteiger partial charge in [0.2, 0.25) is 0 Å². The van der Waals surface area contributed by atoms with Crippen molar-refractivity contribution in [2.45, 2.75) is 37.1 Å². The van der Waals surface area contributed by atoms with E-state index in [0.717, 1.165) is 39.4 Å². The lowest BCUT2D eigenvalue weighted by Crippen LogP contribution is -2.29. The number of hydrogen-bond acceptors (Lipinski definition) is 3. The molecule has 0 saturated heterocycles. The molecule has 6 heteroatoms. The lowest BCUT2D eigenvalue weighted by molar-refractivity contribution is 0.425. The summed E-state index contributed by atoms with van der Waals surface area (Å²) in [6.07, 6.45) is 5.33. The zero-order valence-electron chi connectivity index (χ0n) is 18.0. The van der Waals surface area contributed by atoms with Crippen molar-refractivity contribution in [1.82, 2.24) is 0 Å². The second-order valence-corrected chi connectivity index (χ2v) is 10.8. The van der Waals surface area contributed by atoms with E-state index in [-0.39, 0.29) is 16.9 Å². The van der Waals surface area contributed by atoms with Crippen LogP contribution in [0.4, 0.5) is 11.4 Å². The number of fused-ring (bicyclic) bond motifs is 3. The third kappa shape index (κ3) is 3.80. The Labute approximate surface area is 194 Å². The smallest absolute Gasteiger partial charge is 0.261 e. The molecule has 2 unspecified atom stereocenters. The SMILES string of the molecule is Cc1ccc(C)c(NS(=O)(=O)c2ccc3c(c2)C2C=CCC2[C@@H](c2cccc(Cl)c2)N3)c1. The van der Waals surface area contributed by atoms with E-state index in [1.165, 1.54) is 0 Å². The zero-order valence-corrected chi connectivity index (χ0v) is 19.5. The summed E-state index contributed by atoms with van der Waals surface area (Å²) in [4.78, 5) is 0.277. The van der Waals surface area contributed by atoms with Crippen LogP contribution in [0.5, 0.6) is 0 Å². The van der Waals surface area contributed by atoms with Crippen LogP contribution in [0.1, 0.15) is 40.6 Å². The van der Waals surface area contributed by atoms with Gasteiger partial charge in [0.25, 0.3) is 10.0 Å². The molecule has 0 bridgehead atoms. The topological polar surface area (TPSA) is 58.2 Å². The number of halogens is 1. The zero-order chi connectivity index (χ0) is 22.5. The van der Waals surface area contributed by atoms with Crippen molar-refractivity contribution >= 4 is 33.0 Å². The van der Waals surface area contributed by atoms with E-state index >= 15 is 0 Å². The minimum Gasteiger partial charge on any atom is -0.378 e. The average molecular weight is 465 g/mol. The molecule has 1 aliphatic carbocycles. The van der Waals surface area contributed by atoms with Crippen LogP contribution < -0.4 is 10.0 Å². The summed E-state index contributed by atoms with van der Waals surface area (Å²) in [5, 5.41) is 4.36. The van der Waals surface area contributed by atoms with Crippen molar-refractivity contribution < 1.29 is 8.42 Å². The molecule has 1 heterocycles. The number of sulfonamides is 1. The number of aryl methyl sites for hydroxylation is 2. The van der Waals surface area contributed by atoms with Crippen molar-refractivity contribution in [2.24, 2.45) is 5.92 Å². The van der Waals surface area contributed by atoms with Crippen molar-refractivity contribution in [2.75, 3.05) is 10.0 Å². The fourth-order valence-corrected chi connectivity index (χ4v) is 6.17. The number of hydrogen-bond donors (Lipinski definition) is 2. The van der Waals surface area contributed by atoms with E-state index in [1.54, 1.807) is 6.07 Å². The Morgan fingerprint density at radius 1 is 1.03 bits per heavy atom. The number of allylic oxidation sites excluding steroid dienone is 2. The summed E-state index contributed by atoms with van der Waals surface area (Å²) in [5.41, 5.74) is 5.64. The molecule has 1 aliphatic heterocycles. The summed E-state index contributed by atoms with van der Waals surface area (Å²) in [6, 6.07) is 19.2. The van der Waals surface area contributed by atoms with E-state index in [1.807, 2.05) is 62.4 Å². The Kier molecular flexibility index (Phi) is 5.26. The van der Waals surface area contributed by atoms with Crippen LogP contribution in [-0.4, -0.2) is 8.42 Å². The van der Waals surface area contributed by atoms with Crippen molar-refractivity contribution in [1.29, 1.82) is 0 Å². The molecule has 32 heavy (non-hydrogen) atoms. The molecule has 0 saturated carbocycles. The number of benzene rings is 3. The van der Waals surface area contributed by atoms with Crippen LogP contribution >= 0.6 is 11.6 Å². The molecule has 0 spiro atoms. The maximum atomic E-state index is 13.2. The summed E-state index contributed by atoms with van der Waals surface area (Å²) < 4.78 is 29.2. The fourth-order valence-electron chi connectivity index (χ4n) is 4.82. The second kappa shape index (κ2) is 7.98. The minimum absolute atomic E-state index is 0.122. The fraction of sp³-hybridized carbons (Fsp3) is 0.231. The van der Waals surface area contributed by atoms with Gasteiger partial charge in [-0.2, -0.15) is 0 Å². The van der Waals surface area contributed by atoms with E-state index in [2.05, 4.69) is 28.3 Å². The van der Waals surface area contributed by atoms with Gasteiger partial charge in [0.1, 0.15) is 0 Å². The molecule has 0 amide bonds. The Hall–Kier alpha value is -2.76. The Morgan fingerprint density at radius 2 is 1.88 bits per heavy atom. The molecule has 3 aromatic carbocycles. The molecule has 3 aromatic rings. The molecule has 4 nitrogen and oxygen atoms in total. The van der Waals surface area contributed by atoms with Gasteiger partial charge in [-0.15, -0.1) is 0 Å². The average Bonchev–Trinajstić information content (AvgIpc) is 3.25. The first-order valence-corrected chi connectivity index (χ1v) is 12.6. The molecule has 3 atom stereocenters. The van der Waals surface area contributed by atoms with Gasteiger partial charge in [-0.3, -0.25) is 4.72 Å². The van der Waals surface area contributed by atoms with Gasteiger partial charge < -0.3 is 5.32 Å². The van der Waals surface area contributed by atoms with Crippen LogP contribution in [-0.2, 0) is 10.0 Å². The first-order valence-electron chi connectivity index (χ1n) is 10.7.